The highest BCUT2D eigenvalue weighted by Crippen LogP contribution is 2.20. The van der Waals surface area contributed by atoms with Gasteiger partial charge < -0.3 is 5.32 Å². The van der Waals surface area contributed by atoms with Crippen LogP contribution in [0, 0.1) is 13.8 Å². The van der Waals surface area contributed by atoms with Crippen LogP contribution in [0.2, 0.25) is 5.15 Å². The van der Waals surface area contributed by atoms with Gasteiger partial charge in [-0.25, -0.2) is 4.98 Å². The first-order valence-corrected chi connectivity index (χ1v) is 6.78. The van der Waals surface area contributed by atoms with E-state index in [1.54, 1.807) is 16.8 Å². The fourth-order valence-corrected chi connectivity index (χ4v) is 2.23. The second-order valence-corrected chi connectivity index (χ2v) is 5.03. The second kappa shape index (κ2) is 5.63. The lowest BCUT2D eigenvalue weighted by Crippen LogP contribution is -2.14. The van der Waals surface area contributed by atoms with E-state index < -0.39 is 0 Å². The van der Waals surface area contributed by atoms with Crippen LogP contribution in [0.15, 0.2) is 12.1 Å². The number of anilines is 1. The van der Waals surface area contributed by atoms with Crippen molar-refractivity contribution < 1.29 is 4.79 Å². The fraction of sp³-hybridized carbons (Fsp3) is 0.357. The van der Waals surface area contributed by atoms with E-state index in [0.29, 0.717) is 10.7 Å². The molecule has 2 aromatic heterocycles. The van der Waals surface area contributed by atoms with Gasteiger partial charge in [0.15, 0.2) is 0 Å². The molecule has 5 nitrogen and oxygen atoms in total. The molecule has 0 spiro atoms. The highest BCUT2D eigenvalue weighted by molar-refractivity contribution is 6.29. The highest BCUT2D eigenvalue weighted by atomic mass is 35.5. The third-order valence-electron chi connectivity index (χ3n) is 3.22. The Hall–Kier alpha value is -1.88. The molecule has 2 rings (SSSR count). The number of nitrogens with zero attached hydrogens (tertiary/aromatic N) is 3. The summed E-state index contributed by atoms with van der Waals surface area (Å²) in [6.45, 7) is 5.74. The molecule has 0 saturated heterocycles. The Bertz CT molecular complexity index is 663. The van der Waals surface area contributed by atoms with Crippen molar-refractivity contribution in [2.45, 2.75) is 27.2 Å². The summed E-state index contributed by atoms with van der Waals surface area (Å²) in [6.07, 6.45) is 0.728. The SMILES string of the molecule is CCc1cc(C(=O)Nc2c(C)nn(C)c2C)cc(Cl)n1. The van der Waals surface area contributed by atoms with Crippen molar-refractivity contribution in [2.24, 2.45) is 7.05 Å². The van der Waals surface area contributed by atoms with E-state index in [2.05, 4.69) is 15.4 Å². The number of hydrogen-bond acceptors (Lipinski definition) is 3. The van der Waals surface area contributed by atoms with E-state index in [0.717, 1.165) is 29.2 Å². The van der Waals surface area contributed by atoms with Crippen molar-refractivity contribution >= 4 is 23.2 Å². The maximum atomic E-state index is 12.3. The summed E-state index contributed by atoms with van der Waals surface area (Å²) in [5, 5.41) is 7.49. The highest BCUT2D eigenvalue weighted by Gasteiger charge is 2.15. The predicted octanol–water partition coefficient (Wildman–Crippen LogP) is 2.90. The Morgan fingerprint density at radius 3 is 2.65 bits per heavy atom. The molecule has 0 radical (unpaired) electrons. The molecule has 106 valence electrons. The second-order valence-electron chi connectivity index (χ2n) is 4.65. The Balaban J connectivity index is 2.30. The first-order chi connectivity index (χ1) is 9.42. The van der Waals surface area contributed by atoms with E-state index in [-0.39, 0.29) is 5.91 Å². The summed E-state index contributed by atoms with van der Waals surface area (Å²) in [5.74, 6) is -0.205. The van der Waals surface area contributed by atoms with Gasteiger partial charge in [-0.2, -0.15) is 5.10 Å². The fourth-order valence-electron chi connectivity index (χ4n) is 2.00. The van der Waals surface area contributed by atoms with E-state index in [9.17, 15) is 4.79 Å². The lowest BCUT2D eigenvalue weighted by molar-refractivity contribution is 0.102. The van der Waals surface area contributed by atoms with Crippen molar-refractivity contribution in [1.29, 1.82) is 0 Å². The first-order valence-electron chi connectivity index (χ1n) is 6.40. The number of carbonyl (C=O) groups is 1. The Labute approximate surface area is 123 Å². The summed E-state index contributed by atoms with van der Waals surface area (Å²) < 4.78 is 1.74. The molecular formula is C14H17ClN4O. The average Bonchev–Trinajstić information content (AvgIpc) is 2.64. The van der Waals surface area contributed by atoms with Gasteiger partial charge in [-0.15, -0.1) is 0 Å². The number of halogens is 1. The van der Waals surface area contributed by atoms with Crippen LogP contribution in [-0.4, -0.2) is 20.7 Å². The van der Waals surface area contributed by atoms with Crippen LogP contribution < -0.4 is 5.32 Å². The number of aryl methyl sites for hydroxylation is 3. The molecule has 1 N–H and O–H groups in total. The van der Waals surface area contributed by atoms with Crippen LogP contribution in [0.1, 0.15) is 34.4 Å². The quantitative estimate of drug-likeness (QED) is 0.885. The van der Waals surface area contributed by atoms with E-state index in [1.165, 1.54) is 0 Å². The van der Waals surface area contributed by atoms with Gasteiger partial charge in [0.05, 0.1) is 17.1 Å². The molecule has 2 aromatic rings. The van der Waals surface area contributed by atoms with Crippen molar-refractivity contribution in [3.63, 3.8) is 0 Å². The smallest absolute Gasteiger partial charge is 0.255 e. The Kier molecular flexibility index (Phi) is 4.09. The normalized spacial score (nSPS) is 10.7. The van der Waals surface area contributed by atoms with Crippen molar-refractivity contribution in [3.8, 4) is 0 Å². The summed E-state index contributed by atoms with van der Waals surface area (Å²) in [7, 11) is 1.84. The topological polar surface area (TPSA) is 59.8 Å². The summed E-state index contributed by atoms with van der Waals surface area (Å²) in [4.78, 5) is 16.5. The maximum Gasteiger partial charge on any atom is 0.255 e. The number of aromatic nitrogens is 3. The molecule has 0 fully saturated rings. The molecule has 6 heteroatoms. The minimum absolute atomic E-state index is 0.205. The molecule has 0 bridgehead atoms. The summed E-state index contributed by atoms with van der Waals surface area (Å²) in [5.41, 5.74) is 3.73. The lowest BCUT2D eigenvalue weighted by atomic mass is 10.2. The van der Waals surface area contributed by atoms with Crippen molar-refractivity contribution in [1.82, 2.24) is 14.8 Å². The average molecular weight is 293 g/mol. The van der Waals surface area contributed by atoms with Crippen LogP contribution in [0.5, 0.6) is 0 Å². The largest absolute Gasteiger partial charge is 0.319 e. The van der Waals surface area contributed by atoms with E-state index >= 15 is 0 Å². The third-order valence-corrected chi connectivity index (χ3v) is 3.41. The molecule has 0 aliphatic carbocycles. The molecule has 0 unspecified atom stereocenters. The molecule has 20 heavy (non-hydrogen) atoms. The number of hydrogen-bond donors (Lipinski definition) is 1. The van der Waals surface area contributed by atoms with Gasteiger partial charge in [0.25, 0.3) is 5.91 Å². The van der Waals surface area contributed by atoms with Gasteiger partial charge >= 0.3 is 0 Å². The summed E-state index contributed by atoms with van der Waals surface area (Å²) in [6, 6.07) is 3.32. The minimum atomic E-state index is -0.205. The molecule has 1 amide bonds. The van der Waals surface area contributed by atoms with Crippen LogP contribution in [-0.2, 0) is 13.5 Å². The van der Waals surface area contributed by atoms with Crippen LogP contribution in [0.25, 0.3) is 0 Å². The number of nitrogens with one attached hydrogen (secondary N) is 1. The monoisotopic (exact) mass is 292 g/mol. The first kappa shape index (κ1) is 14.5. The maximum absolute atomic E-state index is 12.3. The standard InChI is InChI=1S/C14H17ClN4O/c1-5-11-6-10(7-12(15)16-11)14(20)17-13-8(2)18-19(4)9(13)3/h6-7H,5H2,1-4H3,(H,17,20). The number of carbonyl (C=O) groups excluding carboxylic acids is 1. The van der Waals surface area contributed by atoms with E-state index in [4.69, 9.17) is 11.6 Å². The number of pyridine rings is 1. The number of amides is 1. The molecule has 2 heterocycles. The zero-order valence-corrected chi connectivity index (χ0v) is 12.7. The van der Waals surface area contributed by atoms with Crippen LogP contribution in [0.4, 0.5) is 5.69 Å². The van der Waals surface area contributed by atoms with E-state index in [1.807, 2.05) is 27.8 Å². The lowest BCUT2D eigenvalue weighted by Gasteiger charge is -2.07. The third kappa shape index (κ3) is 2.82. The minimum Gasteiger partial charge on any atom is -0.319 e. The zero-order chi connectivity index (χ0) is 14.9. The summed E-state index contributed by atoms with van der Waals surface area (Å²) >= 11 is 5.93. The Morgan fingerprint density at radius 1 is 1.40 bits per heavy atom. The van der Waals surface area contributed by atoms with Gasteiger partial charge in [0.2, 0.25) is 0 Å². The van der Waals surface area contributed by atoms with Gasteiger partial charge in [0.1, 0.15) is 5.15 Å². The molecule has 0 aromatic carbocycles. The zero-order valence-electron chi connectivity index (χ0n) is 12.0. The molecular weight excluding hydrogens is 276 g/mol. The number of rotatable bonds is 3. The molecule has 0 saturated carbocycles. The van der Waals surface area contributed by atoms with Gasteiger partial charge in [-0.1, -0.05) is 18.5 Å². The van der Waals surface area contributed by atoms with Crippen molar-refractivity contribution in [3.05, 3.63) is 39.9 Å². The van der Waals surface area contributed by atoms with Gasteiger partial charge in [0, 0.05) is 18.3 Å². The molecule has 0 aliphatic heterocycles. The van der Waals surface area contributed by atoms with Crippen LogP contribution >= 0.6 is 11.6 Å². The molecule has 0 atom stereocenters. The predicted molar refractivity (Wildman–Crippen MR) is 79.3 cm³/mol. The Morgan fingerprint density at radius 2 is 2.10 bits per heavy atom. The van der Waals surface area contributed by atoms with Crippen molar-refractivity contribution in [2.75, 3.05) is 5.32 Å². The van der Waals surface area contributed by atoms with Gasteiger partial charge in [-0.05, 0) is 32.4 Å². The van der Waals surface area contributed by atoms with Gasteiger partial charge in [-0.3, -0.25) is 9.48 Å². The molecule has 0 aliphatic rings. The van der Waals surface area contributed by atoms with Crippen LogP contribution in [0.3, 0.4) is 0 Å².